The lowest BCUT2D eigenvalue weighted by atomic mass is 10.0. The summed E-state index contributed by atoms with van der Waals surface area (Å²) in [6.07, 6.45) is 3.14. The van der Waals surface area contributed by atoms with Crippen LogP contribution in [0.4, 0.5) is 0 Å². The van der Waals surface area contributed by atoms with Crippen molar-refractivity contribution in [3.63, 3.8) is 0 Å². The number of nitrogens with zero attached hydrogens (tertiary/aromatic N) is 2. The van der Waals surface area contributed by atoms with E-state index in [0.717, 1.165) is 0 Å². The largest absolute Gasteiger partial charge is 0.384 e. The quantitative estimate of drug-likeness (QED) is 0.863. The molecule has 0 aliphatic heterocycles. The summed E-state index contributed by atoms with van der Waals surface area (Å²) in [4.78, 5) is 0.0991. The average Bonchev–Trinajstić information content (AvgIpc) is 2.87. The van der Waals surface area contributed by atoms with Crippen molar-refractivity contribution in [2.45, 2.75) is 24.3 Å². The summed E-state index contributed by atoms with van der Waals surface area (Å²) >= 11 is 5.86. The van der Waals surface area contributed by atoms with Gasteiger partial charge in [-0.15, -0.1) is 0 Å². The van der Waals surface area contributed by atoms with Crippen LogP contribution in [0.25, 0.3) is 0 Å². The molecule has 120 valence electrons. The fourth-order valence-electron chi connectivity index (χ4n) is 1.98. The molecule has 22 heavy (non-hydrogen) atoms. The van der Waals surface area contributed by atoms with Gasteiger partial charge in [-0.05, 0) is 31.5 Å². The number of sulfonamides is 1. The normalized spacial score (nSPS) is 14.8. The molecule has 0 fully saturated rings. The SMILES string of the molecule is Cc1ccc(Cl)cc1S(=O)(=O)NC[C@@](C)(O)c1cnn(C)c1. The van der Waals surface area contributed by atoms with Gasteiger partial charge < -0.3 is 5.11 Å². The van der Waals surface area contributed by atoms with Crippen molar-refractivity contribution in [3.05, 3.63) is 46.7 Å². The summed E-state index contributed by atoms with van der Waals surface area (Å²) in [5.74, 6) is 0. The van der Waals surface area contributed by atoms with Gasteiger partial charge in [0.05, 0.1) is 11.1 Å². The maximum Gasteiger partial charge on any atom is 0.240 e. The molecule has 2 aromatic rings. The number of aryl methyl sites for hydroxylation is 2. The molecule has 2 N–H and O–H groups in total. The highest BCUT2D eigenvalue weighted by atomic mass is 35.5. The summed E-state index contributed by atoms with van der Waals surface area (Å²) in [7, 11) is -2.05. The van der Waals surface area contributed by atoms with Crippen LogP contribution in [0.1, 0.15) is 18.1 Å². The Kier molecular flexibility index (Phi) is 4.62. The van der Waals surface area contributed by atoms with E-state index in [1.165, 1.54) is 19.2 Å². The molecular weight excluding hydrogens is 326 g/mol. The van der Waals surface area contributed by atoms with E-state index in [-0.39, 0.29) is 11.4 Å². The first-order valence-corrected chi connectivity index (χ1v) is 8.45. The van der Waals surface area contributed by atoms with Crippen LogP contribution in [0.3, 0.4) is 0 Å². The van der Waals surface area contributed by atoms with E-state index in [1.807, 2.05) is 0 Å². The Hall–Kier alpha value is -1.41. The Bertz CT molecular complexity index is 784. The second kappa shape index (κ2) is 6.00. The number of hydrogen-bond donors (Lipinski definition) is 2. The van der Waals surface area contributed by atoms with E-state index in [9.17, 15) is 13.5 Å². The molecule has 1 aromatic carbocycles. The molecule has 0 bridgehead atoms. The number of aliphatic hydroxyl groups is 1. The highest BCUT2D eigenvalue weighted by molar-refractivity contribution is 7.89. The molecule has 0 saturated carbocycles. The van der Waals surface area contributed by atoms with Crippen LogP contribution in [-0.4, -0.2) is 29.8 Å². The third kappa shape index (κ3) is 3.67. The second-order valence-electron chi connectivity index (χ2n) is 5.41. The minimum atomic E-state index is -3.77. The number of nitrogens with one attached hydrogen (secondary N) is 1. The molecule has 0 saturated heterocycles. The monoisotopic (exact) mass is 343 g/mol. The molecule has 1 heterocycles. The van der Waals surface area contributed by atoms with Crippen LogP contribution in [0.2, 0.25) is 5.02 Å². The van der Waals surface area contributed by atoms with Crippen LogP contribution < -0.4 is 4.72 Å². The fraction of sp³-hybridized carbons (Fsp3) is 0.357. The zero-order chi connectivity index (χ0) is 16.5. The van der Waals surface area contributed by atoms with Gasteiger partial charge in [0.25, 0.3) is 0 Å². The lowest BCUT2D eigenvalue weighted by Crippen LogP contribution is -2.38. The van der Waals surface area contributed by atoms with Gasteiger partial charge in [-0.3, -0.25) is 4.68 Å². The lowest BCUT2D eigenvalue weighted by Gasteiger charge is -2.22. The summed E-state index contributed by atoms with van der Waals surface area (Å²) in [5, 5.41) is 14.7. The Labute approximate surface area is 134 Å². The zero-order valence-corrected chi connectivity index (χ0v) is 14.1. The van der Waals surface area contributed by atoms with Crippen molar-refractivity contribution >= 4 is 21.6 Å². The van der Waals surface area contributed by atoms with Gasteiger partial charge in [0, 0.05) is 30.4 Å². The van der Waals surface area contributed by atoms with Gasteiger partial charge in [0.2, 0.25) is 10.0 Å². The molecule has 1 aromatic heterocycles. The smallest absolute Gasteiger partial charge is 0.240 e. The van der Waals surface area contributed by atoms with Crippen LogP contribution in [0, 0.1) is 6.92 Å². The van der Waals surface area contributed by atoms with Gasteiger partial charge in [-0.25, -0.2) is 13.1 Å². The van der Waals surface area contributed by atoms with Crippen molar-refractivity contribution in [3.8, 4) is 0 Å². The maximum atomic E-state index is 12.4. The van der Waals surface area contributed by atoms with Gasteiger partial charge >= 0.3 is 0 Å². The number of benzene rings is 1. The first kappa shape index (κ1) is 17.0. The molecule has 2 rings (SSSR count). The number of halogens is 1. The standard InChI is InChI=1S/C14H18ClN3O3S/c1-10-4-5-12(15)6-13(10)22(20,21)17-9-14(2,19)11-7-16-18(3)8-11/h4-8,17,19H,9H2,1-3H3/t14-/m1/s1. The predicted octanol–water partition coefficient (Wildman–Crippen LogP) is 1.57. The highest BCUT2D eigenvalue weighted by Crippen LogP contribution is 2.22. The topological polar surface area (TPSA) is 84.2 Å². The maximum absolute atomic E-state index is 12.4. The van der Waals surface area contributed by atoms with Crippen LogP contribution >= 0.6 is 11.6 Å². The van der Waals surface area contributed by atoms with Crippen molar-refractivity contribution in [1.29, 1.82) is 0 Å². The molecular formula is C14H18ClN3O3S. The Morgan fingerprint density at radius 2 is 2.14 bits per heavy atom. The van der Waals surface area contributed by atoms with Crippen LogP contribution in [0.5, 0.6) is 0 Å². The number of aromatic nitrogens is 2. The lowest BCUT2D eigenvalue weighted by molar-refractivity contribution is 0.0627. The molecule has 0 aliphatic rings. The Morgan fingerprint density at radius 3 is 2.73 bits per heavy atom. The van der Waals surface area contributed by atoms with E-state index >= 15 is 0 Å². The molecule has 1 atom stereocenters. The minimum Gasteiger partial charge on any atom is -0.384 e. The van der Waals surface area contributed by atoms with E-state index in [0.29, 0.717) is 16.1 Å². The van der Waals surface area contributed by atoms with Crippen molar-refractivity contribution < 1.29 is 13.5 Å². The predicted molar refractivity (Wildman–Crippen MR) is 84.2 cm³/mol. The first-order chi connectivity index (χ1) is 10.1. The Morgan fingerprint density at radius 1 is 1.45 bits per heavy atom. The van der Waals surface area contributed by atoms with E-state index in [2.05, 4.69) is 9.82 Å². The summed E-state index contributed by atoms with van der Waals surface area (Å²) in [6.45, 7) is 3.04. The zero-order valence-electron chi connectivity index (χ0n) is 12.5. The second-order valence-corrected chi connectivity index (χ2v) is 7.58. The van der Waals surface area contributed by atoms with Gasteiger partial charge in [-0.1, -0.05) is 17.7 Å². The molecule has 0 unspecified atom stereocenters. The minimum absolute atomic E-state index is 0.0991. The van der Waals surface area contributed by atoms with Crippen molar-refractivity contribution in [2.24, 2.45) is 7.05 Å². The third-order valence-electron chi connectivity index (χ3n) is 3.37. The van der Waals surface area contributed by atoms with Gasteiger partial charge in [0.1, 0.15) is 5.60 Å². The summed E-state index contributed by atoms with van der Waals surface area (Å²) in [5.41, 5.74) is -0.258. The van der Waals surface area contributed by atoms with E-state index < -0.39 is 15.6 Å². The first-order valence-electron chi connectivity index (χ1n) is 6.59. The molecule has 0 amide bonds. The molecule has 0 aliphatic carbocycles. The third-order valence-corrected chi connectivity index (χ3v) is 5.15. The molecule has 0 radical (unpaired) electrons. The Balaban J connectivity index is 2.21. The van der Waals surface area contributed by atoms with E-state index in [1.54, 1.807) is 37.0 Å². The van der Waals surface area contributed by atoms with Crippen LogP contribution in [-0.2, 0) is 22.7 Å². The van der Waals surface area contributed by atoms with Crippen molar-refractivity contribution in [1.82, 2.24) is 14.5 Å². The number of rotatable bonds is 5. The highest BCUT2D eigenvalue weighted by Gasteiger charge is 2.28. The molecule has 6 nitrogen and oxygen atoms in total. The summed E-state index contributed by atoms with van der Waals surface area (Å²) in [6, 6.07) is 4.65. The van der Waals surface area contributed by atoms with Gasteiger partial charge in [0.15, 0.2) is 0 Å². The molecule has 8 heteroatoms. The number of hydrogen-bond acceptors (Lipinski definition) is 4. The molecule has 0 spiro atoms. The average molecular weight is 344 g/mol. The summed E-state index contributed by atoms with van der Waals surface area (Å²) < 4.78 is 28.7. The van der Waals surface area contributed by atoms with Crippen molar-refractivity contribution in [2.75, 3.05) is 6.54 Å². The van der Waals surface area contributed by atoms with Crippen LogP contribution in [0.15, 0.2) is 35.5 Å². The van der Waals surface area contributed by atoms with Gasteiger partial charge in [-0.2, -0.15) is 5.10 Å². The fourth-order valence-corrected chi connectivity index (χ4v) is 3.62. The van der Waals surface area contributed by atoms with E-state index in [4.69, 9.17) is 11.6 Å².